The Bertz CT molecular complexity index is 1120. The predicted molar refractivity (Wildman–Crippen MR) is 150 cm³/mol. The number of aryl methyl sites for hydroxylation is 3. The summed E-state index contributed by atoms with van der Waals surface area (Å²) < 4.78 is 15.1. The molecule has 1 aliphatic carbocycles. The summed E-state index contributed by atoms with van der Waals surface area (Å²) in [4.78, 5) is 14.0. The SMILES string of the molecule is Cc1ccc([C@@H](C)Nc2nc(N3CC([C@@]4(S)CCCN(C5CC(C)(C)C5)C4)C3)nc(C)c2F)c(C)c1. The van der Waals surface area contributed by atoms with Crippen LogP contribution in [0.15, 0.2) is 18.2 Å². The maximum absolute atomic E-state index is 15.0. The van der Waals surface area contributed by atoms with Gasteiger partial charge in [-0.3, -0.25) is 4.90 Å². The topological polar surface area (TPSA) is 44.3 Å². The van der Waals surface area contributed by atoms with Crippen LogP contribution in [0.25, 0.3) is 0 Å². The van der Waals surface area contributed by atoms with Gasteiger partial charge in [-0.05, 0) is 76.5 Å². The van der Waals surface area contributed by atoms with E-state index in [0.717, 1.165) is 37.7 Å². The molecule has 3 heterocycles. The number of thiol groups is 1. The van der Waals surface area contributed by atoms with Gasteiger partial charge in [0.1, 0.15) is 0 Å². The average molecular weight is 512 g/mol. The third kappa shape index (κ3) is 4.98. The van der Waals surface area contributed by atoms with E-state index in [1.165, 1.54) is 36.9 Å². The van der Waals surface area contributed by atoms with E-state index in [0.29, 0.717) is 23.0 Å². The van der Waals surface area contributed by atoms with E-state index < -0.39 is 0 Å². The molecule has 196 valence electrons. The number of hydrogen-bond donors (Lipinski definition) is 2. The summed E-state index contributed by atoms with van der Waals surface area (Å²) in [5.74, 6) is 1.02. The molecule has 2 atom stereocenters. The van der Waals surface area contributed by atoms with Crippen molar-refractivity contribution in [3.05, 3.63) is 46.4 Å². The minimum absolute atomic E-state index is 0.0299. The van der Waals surface area contributed by atoms with Crippen molar-refractivity contribution in [3.8, 4) is 0 Å². The fraction of sp³-hybridized carbons (Fsp3) is 0.655. The number of anilines is 2. The molecule has 0 bridgehead atoms. The zero-order valence-corrected chi connectivity index (χ0v) is 23.6. The zero-order valence-electron chi connectivity index (χ0n) is 22.7. The van der Waals surface area contributed by atoms with E-state index in [1.54, 1.807) is 6.92 Å². The summed E-state index contributed by atoms with van der Waals surface area (Å²) in [6, 6.07) is 7.03. The Morgan fingerprint density at radius 3 is 2.53 bits per heavy atom. The standard InChI is InChI=1S/C29H42FN5S/c1-18-8-9-24(19(2)12-18)20(3)31-26-25(30)21(4)32-27(33-26)35-15-22(16-35)29(36)10-7-11-34(17-29)23-13-28(5,6)14-23/h8-9,12,20,22-23,36H,7,10-11,13-17H2,1-6H3,(H,31,32,33)/t20-,29-/m1/s1. The summed E-state index contributed by atoms with van der Waals surface area (Å²) in [6.07, 6.45) is 4.97. The zero-order chi connectivity index (χ0) is 25.8. The van der Waals surface area contributed by atoms with Crippen LogP contribution in [0.3, 0.4) is 0 Å². The van der Waals surface area contributed by atoms with E-state index in [-0.39, 0.29) is 22.4 Å². The van der Waals surface area contributed by atoms with Gasteiger partial charge in [-0.15, -0.1) is 0 Å². The second-order valence-corrected chi connectivity index (χ2v) is 13.4. The van der Waals surface area contributed by atoms with Crippen LogP contribution in [0.2, 0.25) is 0 Å². The summed E-state index contributed by atoms with van der Waals surface area (Å²) in [7, 11) is 0. The number of rotatable bonds is 6. The molecule has 0 radical (unpaired) electrons. The molecule has 0 spiro atoms. The summed E-state index contributed by atoms with van der Waals surface area (Å²) in [6.45, 7) is 16.7. The molecule has 2 aliphatic heterocycles. The van der Waals surface area contributed by atoms with Gasteiger partial charge in [-0.1, -0.05) is 37.6 Å². The van der Waals surface area contributed by atoms with Crippen molar-refractivity contribution < 1.29 is 4.39 Å². The molecular formula is C29H42FN5S. The van der Waals surface area contributed by atoms with Crippen molar-refractivity contribution >= 4 is 24.4 Å². The Balaban J connectivity index is 1.25. The number of likely N-dealkylation sites (tertiary alicyclic amines) is 1. The smallest absolute Gasteiger partial charge is 0.227 e. The molecule has 3 fully saturated rings. The third-order valence-corrected chi connectivity index (χ3v) is 9.53. The fourth-order valence-electron chi connectivity index (χ4n) is 6.57. The van der Waals surface area contributed by atoms with Crippen LogP contribution < -0.4 is 10.2 Å². The molecule has 1 aromatic carbocycles. The van der Waals surface area contributed by atoms with Gasteiger partial charge in [-0.25, -0.2) is 9.37 Å². The van der Waals surface area contributed by atoms with Crippen molar-refractivity contribution in [2.24, 2.45) is 11.3 Å². The lowest BCUT2D eigenvalue weighted by atomic mass is 9.67. The van der Waals surface area contributed by atoms with Crippen LogP contribution in [-0.2, 0) is 0 Å². The second-order valence-electron chi connectivity index (χ2n) is 12.5. The van der Waals surface area contributed by atoms with Gasteiger partial charge in [0.05, 0.1) is 11.7 Å². The summed E-state index contributed by atoms with van der Waals surface area (Å²) >= 11 is 5.27. The van der Waals surface area contributed by atoms with Crippen LogP contribution >= 0.6 is 12.6 Å². The highest BCUT2D eigenvalue weighted by Crippen LogP contribution is 2.47. The molecular weight excluding hydrogens is 469 g/mol. The van der Waals surface area contributed by atoms with Crippen LogP contribution in [0.1, 0.15) is 74.9 Å². The first-order chi connectivity index (χ1) is 16.9. The minimum atomic E-state index is -0.371. The molecule has 0 amide bonds. The van der Waals surface area contributed by atoms with Gasteiger partial charge in [-0.2, -0.15) is 17.6 Å². The molecule has 2 saturated heterocycles. The molecule has 5 rings (SSSR count). The molecule has 2 aromatic rings. The molecule has 1 N–H and O–H groups in total. The van der Waals surface area contributed by atoms with Gasteiger partial charge in [0.2, 0.25) is 5.95 Å². The second kappa shape index (κ2) is 9.46. The number of nitrogens with one attached hydrogen (secondary N) is 1. The first kappa shape index (κ1) is 25.8. The number of benzene rings is 1. The molecule has 7 heteroatoms. The van der Waals surface area contributed by atoms with E-state index in [2.05, 4.69) is 77.9 Å². The van der Waals surface area contributed by atoms with Crippen LogP contribution in [0.5, 0.6) is 0 Å². The number of halogens is 1. The van der Waals surface area contributed by atoms with E-state index >= 15 is 4.39 Å². The lowest BCUT2D eigenvalue weighted by molar-refractivity contribution is -0.00124. The lowest BCUT2D eigenvalue weighted by Gasteiger charge is -2.56. The Kier molecular flexibility index (Phi) is 6.78. The minimum Gasteiger partial charge on any atom is -0.361 e. The van der Waals surface area contributed by atoms with Crippen molar-refractivity contribution in [2.75, 3.05) is 36.4 Å². The highest BCUT2D eigenvalue weighted by Gasteiger charge is 2.49. The molecule has 5 nitrogen and oxygen atoms in total. The first-order valence-corrected chi connectivity index (χ1v) is 14.0. The molecule has 1 aromatic heterocycles. The highest BCUT2D eigenvalue weighted by atomic mass is 32.1. The highest BCUT2D eigenvalue weighted by molar-refractivity contribution is 7.81. The Labute approximate surface area is 221 Å². The molecule has 36 heavy (non-hydrogen) atoms. The van der Waals surface area contributed by atoms with Crippen molar-refractivity contribution in [1.82, 2.24) is 14.9 Å². The van der Waals surface area contributed by atoms with E-state index in [9.17, 15) is 0 Å². The van der Waals surface area contributed by atoms with Gasteiger partial charge < -0.3 is 10.2 Å². The molecule has 1 saturated carbocycles. The monoisotopic (exact) mass is 511 g/mol. The van der Waals surface area contributed by atoms with Crippen molar-refractivity contribution in [3.63, 3.8) is 0 Å². The number of piperidine rings is 1. The normalized spacial score (nSPS) is 25.8. The Hall–Kier alpha value is -1.86. The number of aromatic nitrogens is 2. The predicted octanol–water partition coefficient (Wildman–Crippen LogP) is 6.10. The van der Waals surface area contributed by atoms with Gasteiger partial charge in [0.25, 0.3) is 0 Å². The largest absolute Gasteiger partial charge is 0.361 e. The van der Waals surface area contributed by atoms with Crippen molar-refractivity contribution in [1.29, 1.82) is 0 Å². The van der Waals surface area contributed by atoms with Crippen LogP contribution in [0, 0.1) is 37.9 Å². The fourth-order valence-corrected chi connectivity index (χ4v) is 7.08. The third-order valence-electron chi connectivity index (χ3n) is 8.80. The average Bonchev–Trinajstić information content (AvgIpc) is 2.74. The van der Waals surface area contributed by atoms with E-state index in [1.807, 2.05) is 0 Å². The van der Waals surface area contributed by atoms with Crippen molar-refractivity contribution in [2.45, 2.75) is 84.1 Å². The lowest BCUT2D eigenvalue weighted by Crippen LogP contribution is -2.63. The quantitative estimate of drug-likeness (QED) is 0.459. The van der Waals surface area contributed by atoms with Gasteiger partial charge in [0.15, 0.2) is 11.6 Å². The van der Waals surface area contributed by atoms with E-state index in [4.69, 9.17) is 12.6 Å². The van der Waals surface area contributed by atoms with Gasteiger partial charge >= 0.3 is 0 Å². The number of hydrogen-bond acceptors (Lipinski definition) is 6. The van der Waals surface area contributed by atoms with Gasteiger partial charge in [0, 0.05) is 36.3 Å². The summed E-state index contributed by atoms with van der Waals surface area (Å²) in [5.41, 5.74) is 4.44. The first-order valence-electron chi connectivity index (χ1n) is 13.5. The molecule has 0 unspecified atom stereocenters. The summed E-state index contributed by atoms with van der Waals surface area (Å²) in [5, 5.41) is 3.32. The number of nitrogens with zero attached hydrogens (tertiary/aromatic N) is 4. The van der Waals surface area contributed by atoms with Crippen LogP contribution in [0.4, 0.5) is 16.2 Å². The Morgan fingerprint density at radius 1 is 1.14 bits per heavy atom. The van der Waals surface area contributed by atoms with Crippen LogP contribution in [-0.4, -0.2) is 51.8 Å². The maximum atomic E-state index is 15.0. The Morgan fingerprint density at radius 2 is 1.86 bits per heavy atom. The molecule has 3 aliphatic rings. The maximum Gasteiger partial charge on any atom is 0.227 e.